The average Bonchev–Trinajstić information content (AvgIpc) is 2.78. The first-order valence-electron chi connectivity index (χ1n) is 6.24. The first-order valence-corrected chi connectivity index (χ1v) is 6.24. The first-order chi connectivity index (χ1) is 8.74. The Morgan fingerprint density at radius 2 is 2.06 bits per heavy atom. The predicted molar refractivity (Wildman–Crippen MR) is 71.5 cm³/mol. The minimum atomic E-state index is 0.358. The van der Waals surface area contributed by atoms with Gasteiger partial charge in [-0.25, -0.2) is 0 Å². The molecule has 1 aromatic heterocycles. The monoisotopic (exact) mass is 246 g/mol. The van der Waals surface area contributed by atoms with Gasteiger partial charge in [0.1, 0.15) is 11.5 Å². The van der Waals surface area contributed by atoms with E-state index >= 15 is 0 Å². The molecule has 96 valence electrons. The van der Waals surface area contributed by atoms with Gasteiger partial charge in [-0.15, -0.1) is 0 Å². The zero-order valence-electron chi connectivity index (χ0n) is 11.0. The summed E-state index contributed by atoms with van der Waals surface area (Å²) in [6.07, 6.45) is 1.04. The number of hydrogen-bond acceptors (Lipinski definition) is 3. The average molecular weight is 246 g/mol. The Labute approximate surface area is 106 Å². The molecule has 2 heterocycles. The van der Waals surface area contributed by atoms with Crippen molar-refractivity contribution in [2.75, 3.05) is 20.8 Å². The number of benzene rings is 1. The molecule has 0 amide bonds. The van der Waals surface area contributed by atoms with E-state index < -0.39 is 0 Å². The second kappa shape index (κ2) is 4.21. The summed E-state index contributed by atoms with van der Waals surface area (Å²) >= 11 is 0. The van der Waals surface area contributed by atoms with Gasteiger partial charge < -0.3 is 19.8 Å². The minimum Gasteiger partial charge on any atom is -0.497 e. The molecule has 4 heteroatoms. The van der Waals surface area contributed by atoms with Crippen molar-refractivity contribution in [1.29, 1.82) is 0 Å². The summed E-state index contributed by atoms with van der Waals surface area (Å²) in [5.74, 6) is 1.68. The molecule has 0 bridgehead atoms. The van der Waals surface area contributed by atoms with Crippen molar-refractivity contribution in [3.05, 3.63) is 23.4 Å². The second-order valence-electron chi connectivity index (χ2n) is 4.70. The number of ether oxygens (including phenoxy) is 2. The van der Waals surface area contributed by atoms with Crippen LogP contribution < -0.4 is 14.8 Å². The van der Waals surface area contributed by atoms with Crippen molar-refractivity contribution in [2.24, 2.45) is 0 Å². The van der Waals surface area contributed by atoms with E-state index in [0.717, 1.165) is 30.0 Å². The van der Waals surface area contributed by atoms with E-state index in [0.29, 0.717) is 6.04 Å². The number of aromatic amines is 1. The molecule has 1 aliphatic rings. The fraction of sp³-hybridized carbons (Fsp3) is 0.429. The summed E-state index contributed by atoms with van der Waals surface area (Å²) < 4.78 is 10.8. The molecule has 3 rings (SSSR count). The molecular formula is C14H18N2O2. The Balaban J connectivity index is 2.30. The normalized spacial score (nSPS) is 18.7. The number of aromatic nitrogens is 1. The SMILES string of the molecule is COc1cc(OC)c2[nH]c3c(c2c1)CCNC3C. The first kappa shape index (κ1) is 11.4. The standard InChI is InChI=1S/C14H18N2O2/c1-8-13-10(4-5-15-8)11-6-9(17-2)7-12(18-3)14(11)16-13/h6-8,15-16H,4-5H2,1-3H3. The lowest BCUT2D eigenvalue weighted by Gasteiger charge is -2.20. The van der Waals surface area contributed by atoms with Gasteiger partial charge in [0.25, 0.3) is 0 Å². The van der Waals surface area contributed by atoms with Crippen LogP contribution in [-0.4, -0.2) is 25.7 Å². The molecule has 1 unspecified atom stereocenters. The maximum atomic E-state index is 5.45. The van der Waals surface area contributed by atoms with Gasteiger partial charge in [0.15, 0.2) is 0 Å². The number of nitrogens with one attached hydrogen (secondary N) is 2. The van der Waals surface area contributed by atoms with E-state index in [-0.39, 0.29) is 0 Å². The van der Waals surface area contributed by atoms with Crippen molar-refractivity contribution >= 4 is 10.9 Å². The van der Waals surface area contributed by atoms with Gasteiger partial charge in [-0.2, -0.15) is 0 Å². The minimum absolute atomic E-state index is 0.358. The van der Waals surface area contributed by atoms with E-state index in [1.807, 2.05) is 6.07 Å². The van der Waals surface area contributed by atoms with Crippen LogP contribution in [0, 0.1) is 0 Å². The predicted octanol–water partition coefficient (Wildman–Crippen LogP) is 2.39. The number of H-pyrrole nitrogens is 1. The number of fused-ring (bicyclic) bond motifs is 3. The largest absolute Gasteiger partial charge is 0.497 e. The molecule has 0 aliphatic carbocycles. The lowest BCUT2D eigenvalue weighted by molar-refractivity contribution is 0.397. The van der Waals surface area contributed by atoms with Gasteiger partial charge in [0.05, 0.1) is 19.7 Å². The summed E-state index contributed by atoms with van der Waals surface area (Å²) in [5.41, 5.74) is 3.72. The van der Waals surface area contributed by atoms with Crippen LogP contribution in [0.3, 0.4) is 0 Å². The zero-order valence-corrected chi connectivity index (χ0v) is 11.0. The molecule has 0 saturated heterocycles. The number of hydrogen-bond donors (Lipinski definition) is 2. The van der Waals surface area contributed by atoms with Crippen LogP contribution in [0.15, 0.2) is 12.1 Å². The Bertz CT molecular complexity index is 589. The van der Waals surface area contributed by atoms with Crippen LogP contribution in [-0.2, 0) is 6.42 Å². The van der Waals surface area contributed by atoms with Crippen molar-refractivity contribution in [3.8, 4) is 11.5 Å². The van der Waals surface area contributed by atoms with Gasteiger partial charge in [0, 0.05) is 23.2 Å². The maximum absolute atomic E-state index is 5.45. The van der Waals surface area contributed by atoms with E-state index in [1.165, 1.54) is 16.6 Å². The summed E-state index contributed by atoms with van der Waals surface area (Å²) in [7, 11) is 3.37. The molecule has 4 nitrogen and oxygen atoms in total. The van der Waals surface area contributed by atoms with E-state index in [4.69, 9.17) is 9.47 Å². The molecular weight excluding hydrogens is 228 g/mol. The molecule has 0 spiro atoms. The molecule has 1 aromatic carbocycles. The molecule has 2 aromatic rings. The van der Waals surface area contributed by atoms with Crippen LogP contribution in [0.4, 0.5) is 0 Å². The highest BCUT2D eigenvalue weighted by Gasteiger charge is 2.22. The van der Waals surface area contributed by atoms with Crippen LogP contribution >= 0.6 is 0 Å². The molecule has 1 atom stereocenters. The molecule has 2 N–H and O–H groups in total. The molecule has 0 fully saturated rings. The van der Waals surface area contributed by atoms with Crippen molar-refractivity contribution in [2.45, 2.75) is 19.4 Å². The van der Waals surface area contributed by atoms with Gasteiger partial charge in [-0.05, 0) is 31.5 Å². The summed E-state index contributed by atoms with van der Waals surface area (Å²) in [6.45, 7) is 3.19. The lowest BCUT2D eigenvalue weighted by atomic mass is 10.00. The third-order valence-electron chi connectivity index (χ3n) is 3.70. The highest BCUT2D eigenvalue weighted by atomic mass is 16.5. The highest BCUT2D eigenvalue weighted by Crippen LogP contribution is 2.37. The van der Waals surface area contributed by atoms with Crippen LogP contribution in [0.5, 0.6) is 11.5 Å². The fourth-order valence-corrected chi connectivity index (χ4v) is 2.75. The van der Waals surface area contributed by atoms with Gasteiger partial charge >= 0.3 is 0 Å². The van der Waals surface area contributed by atoms with Crippen LogP contribution in [0.2, 0.25) is 0 Å². The molecule has 18 heavy (non-hydrogen) atoms. The topological polar surface area (TPSA) is 46.3 Å². The number of methoxy groups -OCH3 is 2. The Hall–Kier alpha value is -1.68. The Morgan fingerprint density at radius 3 is 2.78 bits per heavy atom. The summed E-state index contributed by atoms with van der Waals surface area (Å²) in [6, 6.07) is 4.37. The quantitative estimate of drug-likeness (QED) is 0.855. The Morgan fingerprint density at radius 1 is 1.22 bits per heavy atom. The summed E-state index contributed by atoms with van der Waals surface area (Å²) in [4.78, 5) is 3.49. The molecule has 1 aliphatic heterocycles. The van der Waals surface area contributed by atoms with Crippen LogP contribution in [0.25, 0.3) is 10.9 Å². The molecule has 0 radical (unpaired) electrons. The van der Waals surface area contributed by atoms with Gasteiger partial charge in [0.2, 0.25) is 0 Å². The third-order valence-corrected chi connectivity index (χ3v) is 3.70. The van der Waals surface area contributed by atoms with E-state index in [9.17, 15) is 0 Å². The highest BCUT2D eigenvalue weighted by molar-refractivity contribution is 5.91. The summed E-state index contributed by atoms with van der Waals surface area (Å²) in [5, 5.41) is 4.68. The van der Waals surface area contributed by atoms with Crippen molar-refractivity contribution in [1.82, 2.24) is 10.3 Å². The lowest BCUT2D eigenvalue weighted by Crippen LogP contribution is -2.27. The zero-order chi connectivity index (χ0) is 12.7. The van der Waals surface area contributed by atoms with Gasteiger partial charge in [-0.3, -0.25) is 0 Å². The molecule has 0 saturated carbocycles. The fourth-order valence-electron chi connectivity index (χ4n) is 2.75. The number of rotatable bonds is 2. The van der Waals surface area contributed by atoms with E-state index in [2.05, 4.69) is 23.3 Å². The second-order valence-corrected chi connectivity index (χ2v) is 4.70. The third kappa shape index (κ3) is 1.56. The Kier molecular flexibility index (Phi) is 2.67. The smallest absolute Gasteiger partial charge is 0.146 e. The maximum Gasteiger partial charge on any atom is 0.146 e. The van der Waals surface area contributed by atoms with Crippen molar-refractivity contribution in [3.63, 3.8) is 0 Å². The van der Waals surface area contributed by atoms with Crippen LogP contribution in [0.1, 0.15) is 24.2 Å². The van der Waals surface area contributed by atoms with Crippen molar-refractivity contribution < 1.29 is 9.47 Å². The van der Waals surface area contributed by atoms with E-state index in [1.54, 1.807) is 14.2 Å². The van der Waals surface area contributed by atoms with Gasteiger partial charge in [-0.1, -0.05) is 0 Å².